The van der Waals surface area contributed by atoms with Crippen LogP contribution >= 0.6 is 0 Å². The number of nitrogen functional groups attached to an aromatic ring is 2. The normalized spacial score (nSPS) is 10.7. The van der Waals surface area contributed by atoms with E-state index in [1.807, 2.05) is 0 Å². The number of H-pyrrole nitrogens is 1. The molecule has 7 nitrogen and oxygen atoms in total. The molecule has 0 bridgehead atoms. The highest BCUT2D eigenvalue weighted by atomic mass is 19.1. The summed E-state index contributed by atoms with van der Waals surface area (Å²) < 4.78 is 13.7. The van der Waals surface area contributed by atoms with E-state index in [1.165, 1.54) is 12.3 Å². The average Bonchev–Trinajstić information content (AvgIpc) is 2.88. The quantitative estimate of drug-likeness (QED) is 0.645. The first-order valence-electron chi connectivity index (χ1n) is 5.71. The maximum absolute atomic E-state index is 13.7. The third-order valence-electron chi connectivity index (χ3n) is 2.69. The molecule has 0 aliphatic rings. The summed E-state index contributed by atoms with van der Waals surface area (Å²) in [7, 11) is 0. The molecule has 0 amide bonds. The lowest BCUT2D eigenvalue weighted by molar-refractivity contribution is 0.630. The molecule has 0 radical (unpaired) electrons. The van der Waals surface area contributed by atoms with Gasteiger partial charge in [-0.3, -0.25) is 5.10 Å². The van der Waals surface area contributed by atoms with E-state index < -0.39 is 5.82 Å². The number of aromatic amines is 1. The van der Waals surface area contributed by atoms with Crippen LogP contribution in [0.4, 0.5) is 16.2 Å². The molecule has 8 heteroatoms. The van der Waals surface area contributed by atoms with Crippen molar-refractivity contribution in [3.8, 4) is 22.8 Å². The van der Waals surface area contributed by atoms with Crippen molar-refractivity contribution in [2.75, 3.05) is 11.5 Å². The van der Waals surface area contributed by atoms with Crippen LogP contribution in [0.15, 0.2) is 30.5 Å². The minimum atomic E-state index is -0.392. The Bertz CT molecular complexity index is 768. The zero-order valence-electron chi connectivity index (χ0n) is 10.2. The third kappa shape index (κ3) is 2.03. The molecule has 2 aromatic heterocycles. The summed E-state index contributed by atoms with van der Waals surface area (Å²) in [6.07, 6.45) is 1.42. The van der Waals surface area contributed by atoms with Crippen LogP contribution in [-0.2, 0) is 0 Å². The van der Waals surface area contributed by atoms with Crippen molar-refractivity contribution >= 4 is 11.8 Å². The Hall–Kier alpha value is -3.03. The molecule has 3 aromatic rings. The fourth-order valence-electron chi connectivity index (χ4n) is 1.74. The molecule has 20 heavy (non-hydrogen) atoms. The molecule has 0 spiro atoms. The van der Waals surface area contributed by atoms with Gasteiger partial charge < -0.3 is 11.5 Å². The third-order valence-corrected chi connectivity index (χ3v) is 2.69. The lowest BCUT2D eigenvalue weighted by atomic mass is 10.2. The highest BCUT2D eigenvalue weighted by Gasteiger charge is 2.14. The first-order valence-corrected chi connectivity index (χ1v) is 5.71. The Morgan fingerprint density at radius 1 is 1.05 bits per heavy atom. The average molecular weight is 271 g/mol. The Morgan fingerprint density at radius 3 is 2.60 bits per heavy atom. The van der Waals surface area contributed by atoms with Crippen molar-refractivity contribution in [3.63, 3.8) is 0 Å². The highest BCUT2D eigenvalue weighted by Crippen LogP contribution is 2.24. The molecule has 0 fully saturated rings. The SMILES string of the molecule is Nc1ncc(-c2n[nH]c(-c3ccccc3F)n2)c(N)n1. The van der Waals surface area contributed by atoms with Crippen LogP contribution in [0.2, 0.25) is 0 Å². The fourth-order valence-corrected chi connectivity index (χ4v) is 1.74. The van der Waals surface area contributed by atoms with Gasteiger partial charge in [0.05, 0.1) is 11.1 Å². The zero-order chi connectivity index (χ0) is 14.1. The Kier molecular flexibility index (Phi) is 2.75. The van der Waals surface area contributed by atoms with Crippen molar-refractivity contribution in [2.24, 2.45) is 0 Å². The molecular formula is C12H10FN7. The largest absolute Gasteiger partial charge is 0.383 e. The van der Waals surface area contributed by atoms with Gasteiger partial charge in [-0.15, -0.1) is 0 Å². The molecule has 0 aliphatic carbocycles. The summed E-state index contributed by atoms with van der Waals surface area (Å²) >= 11 is 0. The molecule has 1 aromatic carbocycles. The van der Waals surface area contributed by atoms with Gasteiger partial charge in [-0.25, -0.2) is 14.4 Å². The number of rotatable bonds is 2. The van der Waals surface area contributed by atoms with Gasteiger partial charge in [0, 0.05) is 6.20 Å². The second-order valence-electron chi connectivity index (χ2n) is 4.01. The first kappa shape index (κ1) is 12.0. The van der Waals surface area contributed by atoms with Gasteiger partial charge >= 0.3 is 0 Å². The smallest absolute Gasteiger partial charge is 0.221 e. The van der Waals surface area contributed by atoms with Crippen LogP contribution in [0.3, 0.4) is 0 Å². The molecule has 5 N–H and O–H groups in total. The number of hydrogen-bond acceptors (Lipinski definition) is 6. The second kappa shape index (κ2) is 4.57. The molecule has 0 atom stereocenters. The molecule has 0 saturated carbocycles. The molecular weight excluding hydrogens is 261 g/mol. The van der Waals surface area contributed by atoms with E-state index in [9.17, 15) is 4.39 Å². The van der Waals surface area contributed by atoms with Crippen LogP contribution in [0, 0.1) is 5.82 Å². The van der Waals surface area contributed by atoms with E-state index in [-0.39, 0.29) is 17.6 Å². The van der Waals surface area contributed by atoms with E-state index in [2.05, 4.69) is 25.1 Å². The molecule has 100 valence electrons. The van der Waals surface area contributed by atoms with Gasteiger partial charge in [-0.05, 0) is 12.1 Å². The van der Waals surface area contributed by atoms with E-state index in [0.29, 0.717) is 17.0 Å². The van der Waals surface area contributed by atoms with Crippen LogP contribution < -0.4 is 11.5 Å². The van der Waals surface area contributed by atoms with E-state index in [0.717, 1.165) is 0 Å². The van der Waals surface area contributed by atoms with Crippen molar-refractivity contribution in [1.29, 1.82) is 0 Å². The molecule has 0 unspecified atom stereocenters. The summed E-state index contributed by atoms with van der Waals surface area (Å²) in [6, 6.07) is 6.25. The Morgan fingerprint density at radius 2 is 1.85 bits per heavy atom. The maximum atomic E-state index is 13.7. The predicted molar refractivity (Wildman–Crippen MR) is 71.6 cm³/mol. The standard InChI is InChI=1S/C12H10FN7/c13-8-4-2-1-3-6(8)10-18-11(20-19-10)7-5-16-12(15)17-9(7)14/h1-5H,(H,18,19,20)(H4,14,15,16,17). The second-order valence-corrected chi connectivity index (χ2v) is 4.01. The number of nitrogens with two attached hydrogens (primary N) is 2. The van der Waals surface area contributed by atoms with Crippen LogP contribution in [-0.4, -0.2) is 25.1 Å². The van der Waals surface area contributed by atoms with Gasteiger partial charge in [0.25, 0.3) is 0 Å². The van der Waals surface area contributed by atoms with Crippen molar-refractivity contribution in [2.45, 2.75) is 0 Å². The minimum Gasteiger partial charge on any atom is -0.383 e. The summed E-state index contributed by atoms with van der Waals surface area (Å²) in [6.45, 7) is 0. The van der Waals surface area contributed by atoms with Gasteiger partial charge in [-0.2, -0.15) is 10.1 Å². The monoisotopic (exact) mass is 271 g/mol. The summed E-state index contributed by atoms with van der Waals surface area (Å²) in [5.41, 5.74) is 11.9. The van der Waals surface area contributed by atoms with Crippen LogP contribution in [0.25, 0.3) is 22.8 Å². The molecule has 2 heterocycles. The number of anilines is 2. The molecule has 0 aliphatic heterocycles. The topological polar surface area (TPSA) is 119 Å². The summed E-state index contributed by atoms with van der Waals surface area (Å²) in [5, 5.41) is 6.65. The number of nitrogens with zero attached hydrogens (tertiary/aromatic N) is 4. The molecule has 3 rings (SSSR count). The fraction of sp³-hybridized carbons (Fsp3) is 0. The lowest BCUT2D eigenvalue weighted by Gasteiger charge is -2.00. The van der Waals surface area contributed by atoms with Crippen molar-refractivity contribution in [1.82, 2.24) is 25.1 Å². The summed E-state index contributed by atoms with van der Waals surface area (Å²) in [4.78, 5) is 11.9. The van der Waals surface area contributed by atoms with Gasteiger partial charge in [0.1, 0.15) is 11.6 Å². The number of aromatic nitrogens is 5. The van der Waals surface area contributed by atoms with Crippen LogP contribution in [0.5, 0.6) is 0 Å². The number of halogens is 1. The summed E-state index contributed by atoms with van der Waals surface area (Å²) in [5.74, 6) is 0.416. The van der Waals surface area contributed by atoms with Gasteiger partial charge in [0.2, 0.25) is 5.95 Å². The van der Waals surface area contributed by atoms with Crippen LogP contribution in [0.1, 0.15) is 0 Å². The highest BCUT2D eigenvalue weighted by molar-refractivity contribution is 5.69. The van der Waals surface area contributed by atoms with Gasteiger partial charge in [-0.1, -0.05) is 12.1 Å². The molecule has 0 saturated heterocycles. The first-order chi connectivity index (χ1) is 9.65. The van der Waals surface area contributed by atoms with Crippen molar-refractivity contribution in [3.05, 3.63) is 36.3 Å². The van der Waals surface area contributed by atoms with Gasteiger partial charge in [0.15, 0.2) is 11.6 Å². The van der Waals surface area contributed by atoms with E-state index in [4.69, 9.17) is 11.5 Å². The van der Waals surface area contributed by atoms with Crippen molar-refractivity contribution < 1.29 is 4.39 Å². The maximum Gasteiger partial charge on any atom is 0.221 e. The minimum absolute atomic E-state index is 0.0658. The zero-order valence-corrected chi connectivity index (χ0v) is 10.2. The number of hydrogen-bond donors (Lipinski definition) is 3. The lowest BCUT2D eigenvalue weighted by Crippen LogP contribution is -2.01. The number of benzene rings is 1. The Balaban J connectivity index is 2.04. The Labute approximate surface area is 112 Å². The van der Waals surface area contributed by atoms with E-state index in [1.54, 1.807) is 18.2 Å². The number of nitrogens with one attached hydrogen (secondary N) is 1. The van der Waals surface area contributed by atoms with E-state index >= 15 is 0 Å². The predicted octanol–water partition coefficient (Wildman–Crippen LogP) is 1.23.